The Kier molecular flexibility index (Phi) is 4.60. The molecule has 136 valence electrons. The van der Waals surface area contributed by atoms with Gasteiger partial charge < -0.3 is 9.84 Å². The quantitative estimate of drug-likeness (QED) is 0.732. The van der Waals surface area contributed by atoms with Crippen LogP contribution in [0.25, 0.3) is 0 Å². The van der Waals surface area contributed by atoms with Crippen LogP contribution in [0.5, 0.6) is 5.75 Å². The molecule has 0 saturated heterocycles. The van der Waals surface area contributed by atoms with Crippen molar-refractivity contribution in [2.45, 2.75) is 18.6 Å². The normalized spacial score (nSPS) is 15.4. The first-order valence-electron chi connectivity index (χ1n) is 8.88. The summed E-state index contributed by atoms with van der Waals surface area (Å²) in [7, 11) is 1.65. The zero-order valence-electron chi connectivity index (χ0n) is 15.1. The van der Waals surface area contributed by atoms with Crippen LogP contribution in [-0.4, -0.2) is 27.2 Å². The summed E-state index contributed by atoms with van der Waals surface area (Å²) in [6.45, 7) is 0.569. The largest absolute Gasteiger partial charge is 0.497 e. The fourth-order valence-corrected chi connectivity index (χ4v) is 3.35. The zero-order chi connectivity index (χ0) is 18.7. The second-order valence-electron chi connectivity index (χ2n) is 6.55. The minimum absolute atomic E-state index is 0.525. The van der Waals surface area contributed by atoms with Crippen molar-refractivity contribution >= 4 is 0 Å². The van der Waals surface area contributed by atoms with E-state index in [2.05, 4.69) is 10.3 Å². The topological polar surface area (TPSA) is 60.2 Å². The monoisotopic (exact) mass is 359 g/mol. The van der Waals surface area contributed by atoms with Crippen LogP contribution in [0.1, 0.15) is 23.2 Å². The molecule has 0 amide bonds. The van der Waals surface area contributed by atoms with Crippen molar-refractivity contribution in [1.82, 2.24) is 15.0 Å². The molecule has 0 bridgehead atoms. The lowest BCUT2D eigenvalue weighted by molar-refractivity contribution is 0.114. The maximum Gasteiger partial charge on any atom is 0.157 e. The highest BCUT2D eigenvalue weighted by atomic mass is 16.5. The molecule has 5 heteroatoms. The number of aromatic nitrogens is 3. The molecule has 1 aromatic heterocycles. The molecule has 0 radical (unpaired) electrons. The number of methoxy groups -OCH3 is 1. The Morgan fingerprint density at radius 2 is 1.89 bits per heavy atom. The summed E-state index contributed by atoms with van der Waals surface area (Å²) in [6.07, 6.45) is 8.46. The van der Waals surface area contributed by atoms with E-state index in [4.69, 9.17) is 4.74 Å². The van der Waals surface area contributed by atoms with E-state index in [-0.39, 0.29) is 0 Å². The summed E-state index contributed by atoms with van der Waals surface area (Å²) in [6, 6.07) is 17.4. The van der Waals surface area contributed by atoms with Crippen LogP contribution in [-0.2, 0) is 12.1 Å². The van der Waals surface area contributed by atoms with E-state index >= 15 is 0 Å². The predicted octanol–water partition coefficient (Wildman–Crippen LogP) is 3.46. The van der Waals surface area contributed by atoms with E-state index in [0.717, 1.165) is 22.4 Å². The molecule has 1 aliphatic carbocycles. The first-order chi connectivity index (χ1) is 13.2. The molecule has 4 rings (SSSR count). The number of ether oxygens (including phenoxy) is 1. The van der Waals surface area contributed by atoms with Gasteiger partial charge >= 0.3 is 0 Å². The van der Waals surface area contributed by atoms with Crippen LogP contribution in [0.15, 0.2) is 84.6 Å². The highest BCUT2D eigenvalue weighted by Gasteiger charge is 2.38. The van der Waals surface area contributed by atoms with Gasteiger partial charge in [0.1, 0.15) is 11.4 Å². The molecule has 2 aromatic carbocycles. The Morgan fingerprint density at radius 3 is 2.56 bits per heavy atom. The Bertz CT molecular complexity index is 974. The molecule has 1 unspecified atom stereocenters. The van der Waals surface area contributed by atoms with Gasteiger partial charge in [0, 0.05) is 0 Å². The van der Waals surface area contributed by atoms with Crippen LogP contribution in [0.3, 0.4) is 0 Å². The number of rotatable bonds is 6. The van der Waals surface area contributed by atoms with Gasteiger partial charge in [-0.15, -0.1) is 5.10 Å². The van der Waals surface area contributed by atoms with E-state index in [1.807, 2.05) is 79.0 Å². The van der Waals surface area contributed by atoms with Gasteiger partial charge in [0.15, 0.2) is 5.60 Å². The molecule has 3 aromatic rings. The maximum absolute atomic E-state index is 11.7. The Morgan fingerprint density at radius 1 is 1.11 bits per heavy atom. The molecule has 0 aliphatic heterocycles. The lowest BCUT2D eigenvalue weighted by Crippen LogP contribution is -2.30. The Balaban J connectivity index is 1.66. The second-order valence-corrected chi connectivity index (χ2v) is 6.55. The summed E-state index contributed by atoms with van der Waals surface area (Å²) in [5.74, 6) is 0.817. The van der Waals surface area contributed by atoms with E-state index in [9.17, 15) is 5.11 Å². The number of benzene rings is 2. The Labute approximate surface area is 158 Å². The van der Waals surface area contributed by atoms with Crippen molar-refractivity contribution in [3.05, 3.63) is 101 Å². The molecule has 1 heterocycles. The fourth-order valence-electron chi connectivity index (χ4n) is 3.35. The maximum atomic E-state index is 11.7. The molecular formula is C22H21N3O2. The number of allylic oxidation sites excluding steroid dienone is 3. The van der Waals surface area contributed by atoms with Crippen LogP contribution in [0, 0.1) is 0 Å². The summed E-state index contributed by atoms with van der Waals surface area (Å²) < 4.78 is 6.94. The van der Waals surface area contributed by atoms with E-state index in [1.54, 1.807) is 11.8 Å². The van der Waals surface area contributed by atoms with Crippen LogP contribution in [0.4, 0.5) is 0 Å². The van der Waals surface area contributed by atoms with Crippen LogP contribution < -0.4 is 4.74 Å². The lowest BCUT2D eigenvalue weighted by atomic mass is 9.83. The zero-order valence-corrected chi connectivity index (χ0v) is 15.1. The highest BCUT2D eigenvalue weighted by Crippen LogP contribution is 2.38. The van der Waals surface area contributed by atoms with Crippen molar-refractivity contribution in [1.29, 1.82) is 0 Å². The van der Waals surface area contributed by atoms with Gasteiger partial charge in [-0.05, 0) is 35.3 Å². The SMILES string of the molecule is COc1ccc(Cn2cc(C(O)(C3=CC=CC3)c3ccccc3)nn2)cc1. The number of aliphatic hydroxyl groups is 1. The van der Waals surface area contributed by atoms with Gasteiger partial charge in [0.05, 0.1) is 19.9 Å². The first-order valence-corrected chi connectivity index (χ1v) is 8.88. The van der Waals surface area contributed by atoms with Gasteiger partial charge in [-0.1, -0.05) is 65.9 Å². The summed E-state index contributed by atoms with van der Waals surface area (Å²) >= 11 is 0. The van der Waals surface area contributed by atoms with E-state index in [0.29, 0.717) is 18.7 Å². The summed E-state index contributed by atoms with van der Waals surface area (Å²) in [5.41, 5.74) is 2.00. The van der Waals surface area contributed by atoms with Crippen LogP contribution in [0.2, 0.25) is 0 Å². The van der Waals surface area contributed by atoms with E-state index in [1.165, 1.54) is 0 Å². The van der Waals surface area contributed by atoms with Crippen molar-refractivity contribution in [2.24, 2.45) is 0 Å². The Hall–Kier alpha value is -3.18. The average molecular weight is 359 g/mol. The van der Waals surface area contributed by atoms with Gasteiger partial charge in [0.25, 0.3) is 0 Å². The third-order valence-electron chi connectivity index (χ3n) is 4.84. The molecule has 1 atom stereocenters. The molecule has 1 aliphatic rings. The lowest BCUT2D eigenvalue weighted by Gasteiger charge is -2.28. The van der Waals surface area contributed by atoms with Crippen molar-refractivity contribution in [3.8, 4) is 5.75 Å². The third kappa shape index (κ3) is 3.29. The third-order valence-corrected chi connectivity index (χ3v) is 4.84. The fraction of sp³-hybridized carbons (Fsp3) is 0.182. The van der Waals surface area contributed by atoms with Gasteiger partial charge in [-0.25, -0.2) is 4.68 Å². The number of nitrogens with zero attached hydrogens (tertiary/aromatic N) is 3. The summed E-state index contributed by atoms with van der Waals surface area (Å²) in [5, 5.41) is 20.2. The van der Waals surface area contributed by atoms with E-state index < -0.39 is 5.60 Å². The minimum atomic E-state index is -1.29. The van der Waals surface area contributed by atoms with Crippen molar-refractivity contribution in [2.75, 3.05) is 7.11 Å². The molecule has 5 nitrogen and oxygen atoms in total. The average Bonchev–Trinajstić information content (AvgIpc) is 3.41. The number of hydrogen-bond acceptors (Lipinski definition) is 4. The van der Waals surface area contributed by atoms with Gasteiger partial charge in [-0.3, -0.25) is 0 Å². The molecule has 1 N–H and O–H groups in total. The first kappa shape index (κ1) is 17.2. The standard InChI is InChI=1S/C22H21N3O2/c1-27-20-13-11-17(12-14-20)15-25-16-21(23-24-25)22(26,19-9-5-6-10-19)18-7-3-2-4-8-18/h2-9,11-14,16,26H,10,15H2,1H3. The predicted molar refractivity (Wildman–Crippen MR) is 103 cm³/mol. The van der Waals surface area contributed by atoms with Gasteiger partial charge in [-0.2, -0.15) is 0 Å². The molecule has 0 fully saturated rings. The molecule has 27 heavy (non-hydrogen) atoms. The molecular weight excluding hydrogens is 338 g/mol. The summed E-state index contributed by atoms with van der Waals surface area (Å²) in [4.78, 5) is 0. The second kappa shape index (κ2) is 7.21. The van der Waals surface area contributed by atoms with Crippen LogP contribution >= 0.6 is 0 Å². The minimum Gasteiger partial charge on any atom is -0.497 e. The van der Waals surface area contributed by atoms with Gasteiger partial charge in [0.2, 0.25) is 0 Å². The smallest absolute Gasteiger partial charge is 0.157 e. The molecule has 0 spiro atoms. The highest BCUT2D eigenvalue weighted by molar-refractivity contribution is 5.45. The number of hydrogen-bond donors (Lipinski definition) is 1. The van der Waals surface area contributed by atoms with Crippen molar-refractivity contribution in [3.63, 3.8) is 0 Å². The van der Waals surface area contributed by atoms with Crippen molar-refractivity contribution < 1.29 is 9.84 Å². The molecule has 0 saturated carbocycles.